The van der Waals surface area contributed by atoms with Crippen LogP contribution in [0.4, 0.5) is 0 Å². The highest BCUT2D eigenvalue weighted by Gasteiger charge is 2.12. The summed E-state index contributed by atoms with van der Waals surface area (Å²) in [6, 6.07) is 5.32. The molecule has 0 aliphatic heterocycles. The van der Waals surface area contributed by atoms with Crippen molar-refractivity contribution >= 4 is 17.3 Å². The summed E-state index contributed by atoms with van der Waals surface area (Å²) in [4.78, 5) is 4.00. The smallest absolute Gasteiger partial charge is 0.130 e. The van der Waals surface area contributed by atoms with Crippen LogP contribution in [0.2, 0.25) is 5.02 Å². The predicted molar refractivity (Wildman–Crippen MR) is 83.5 cm³/mol. The molecule has 0 radical (unpaired) electrons. The van der Waals surface area contributed by atoms with Gasteiger partial charge in [-0.15, -0.1) is 0 Å². The molecule has 1 heterocycles. The average Bonchev–Trinajstić information content (AvgIpc) is 2.99. The van der Waals surface area contributed by atoms with E-state index in [0.717, 1.165) is 11.3 Å². The van der Waals surface area contributed by atoms with E-state index < -0.39 is 6.10 Å². The van der Waals surface area contributed by atoms with Crippen LogP contribution in [0.5, 0.6) is 5.75 Å². The summed E-state index contributed by atoms with van der Waals surface area (Å²) >= 11 is 6.02. The number of nitrogens with one attached hydrogen (secondary N) is 1. The summed E-state index contributed by atoms with van der Waals surface area (Å²) < 4.78 is 7.47. The molecule has 2 N–H and O–H groups in total. The highest BCUT2D eigenvalue weighted by molar-refractivity contribution is 6.30. The van der Waals surface area contributed by atoms with Gasteiger partial charge < -0.3 is 19.7 Å². The van der Waals surface area contributed by atoms with Crippen LogP contribution in [0.25, 0.3) is 5.70 Å². The molecule has 112 valence electrons. The van der Waals surface area contributed by atoms with Crippen LogP contribution in [-0.4, -0.2) is 41.0 Å². The van der Waals surface area contributed by atoms with Crippen molar-refractivity contribution < 1.29 is 9.84 Å². The fraction of sp³-hybridized carbons (Fsp3) is 0.267. The number of likely N-dealkylation sites (N-methyl/N-ethyl adjacent to an activating group) is 1. The first-order valence-electron chi connectivity index (χ1n) is 6.54. The molecule has 1 aromatic carbocycles. The van der Waals surface area contributed by atoms with E-state index in [9.17, 15) is 5.11 Å². The van der Waals surface area contributed by atoms with Crippen molar-refractivity contribution in [1.29, 1.82) is 0 Å². The standard InChI is InChI=1S/C15H18ClN3O2/c1-11(19-6-5-18-10-19)14-4-3-12(16)7-15(14)21-9-13(20)8-17-2/h3-7,10,13,17,20H,1,8-9H2,2H3. The van der Waals surface area contributed by atoms with E-state index in [1.807, 2.05) is 6.07 Å². The van der Waals surface area contributed by atoms with Gasteiger partial charge in [-0.1, -0.05) is 18.2 Å². The fourth-order valence-corrected chi connectivity index (χ4v) is 2.05. The second-order valence-electron chi connectivity index (χ2n) is 4.58. The number of hydrogen-bond donors (Lipinski definition) is 2. The Kier molecular flexibility index (Phi) is 5.38. The van der Waals surface area contributed by atoms with Gasteiger partial charge in [0.2, 0.25) is 0 Å². The van der Waals surface area contributed by atoms with Crippen LogP contribution < -0.4 is 10.1 Å². The lowest BCUT2D eigenvalue weighted by molar-refractivity contribution is 0.108. The zero-order valence-electron chi connectivity index (χ0n) is 11.8. The number of aliphatic hydroxyl groups is 1. The van der Waals surface area contributed by atoms with Gasteiger partial charge in [-0.3, -0.25) is 0 Å². The van der Waals surface area contributed by atoms with E-state index in [-0.39, 0.29) is 6.61 Å². The number of aromatic nitrogens is 2. The highest BCUT2D eigenvalue weighted by atomic mass is 35.5. The summed E-state index contributed by atoms with van der Waals surface area (Å²) in [6.45, 7) is 4.67. The van der Waals surface area contributed by atoms with E-state index in [1.165, 1.54) is 0 Å². The lowest BCUT2D eigenvalue weighted by Gasteiger charge is -2.16. The molecule has 1 unspecified atom stereocenters. The Hall–Kier alpha value is -1.82. The summed E-state index contributed by atoms with van der Waals surface area (Å²) in [5.74, 6) is 0.580. The third kappa shape index (κ3) is 4.07. The Balaban J connectivity index is 2.19. The first kappa shape index (κ1) is 15.6. The van der Waals surface area contributed by atoms with Crippen LogP contribution >= 0.6 is 11.6 Å². The topological polar surface area (TPSA) is 59.3 Å². The molecule has 0 aliphatic carbocycles. The van der Waals surface area contributed by atoms with Crippen molar-refractivity contribution in [2.24, 2.45) is 0 Å². The number of hydrogen-bond acceptors (Lipinski definition) is 4. The van der Waals surface area contributed by atoms with Crippen molar-refractivity contribution in [3.8, 4) is 5.75 Å². The van der Waals surface area contributed by atoms with E-state index in [0.29, 0.717) is 17.3 Å². The molecule has 0 amide bonds. The Bertz CT molecular complexity index is 599. The molecule has 0 saturated carbocycles. The maximum atomic E-state index is 9.74. The van der Waals surface area contributed by atoms with Crippen LogP contribution in [-0.2, 0) is 0 Å². The summed E-state index contributed by atoms with van der Waals surface area (Å²) in [6.07, 6.45) is 4.55. The second kappa shape index (κ2) is 7.26. The lowest BCUT2D eigenvalue weighted by atomic mass is 10.1. The number of imidazole rings is 1. The van der Waals surface area contributed by atoms with Crippen LogP contribution in [0.1, 0.15) is 5.56 Å². The molecule has 6 heteroatoms. The predicted octanol–water partition coefficient (Wildman–Crippen LogP) is 2.01. The Morgan fingerprint density at radius 3 is 3.05 bits per heavy atom. The molecule has 5 nitrogen and oxygen atoms in total. The lowest BCUT2D eigenvalue weighted by Crippen LogP contribution is -2.29. The number of ether oxygens (including phenoxy) is 1. The van der Waals surface area contributed by atoms with Gasteiger partial charge in [-0.05, 0) is 25.2 Å². The minimum absolute atomic E-state index is 0.172. The number of aliphatic hydroxyl groups excluding tert-OH is 1. The van der Waals surface area contributed by atoms with E-state index in [1.54, 1.807) is 42.5 Å². The molecular weight excluding hydrogens is 290 g/mol. The van der Waals surface area contributed by atoms with Gasteiger partial charge in [0.25, 0.3) is 0 Å². The molecule has 0 spiro atoms. The fourth-order valence-electron chi connectivity index (χ4n) is 1.89. The zero-order chi connectivity index (χ0) is 15.2. The number of benzene rings is 1. The third-order valence-electron chi connectivity index (χ3n) is 2.94. The van der Waals surface area contributed by atoms with E-state index in [2.05, 4.69) is 16.9 Å². The van der Waals surface area contributed by atoms with Gasteiger partial charge in [0.1, 0.15) is 18.5 Å². The number of rotatable bonds is 7. The molecule has 0 bridgehead atoms. The van der Waals surface area contributed by atoms with Gasteiger partial charge in [0, 0.05) is 29.5 Å². The van der Waals surface area contributed by atoms with Crippen LogP contribution in [0.15, 0.2) is 43.5 Å². The van der Waals surface area contributed by atoms with Gasteiger partial charge in [0.15, 0.2) is 0 Å². The maximum absolute atomic E-state index is 9.74. The minimum Gasteiger partial charge on any atom is -0.490 e. The summed E-state index contributed by atoms with van der Waals surface area (Å²) in [7, 11) is 1.77. The van der Waals surface area contributed by atoms with Crippen LogP contribution in [0.3, 0.4) is 0 Å². The van der Waals surface area contributed by atoms with Crippen molar-refractivity contribution in [2.75, 3.05) is 20.2 Å². The van der Waals surface area contributed by atoms with Gasteiger partial charge in [-0.25, -0.2) is 4.98 Å². The van der Waals surface area contributed by atoms with Gasteiger partial charge in [-0.2, -0.15) is 0 Å². The number of halogens is 1. The maximum Gasteiger partial charge on any atom is 0.130 e. The first-order chi connectivity index (χ1) is 10.1. The van der Waals surface area contributed by atoms with Crippen molar-refractivity contribution in [3.63, 3.8) is 0 Å². The third-order valence-corrected chi connectivity index (χ3v) is 3.18. The molecule has 0 saturated heterocycles. The Labute approximate surface area is 128 Å². The van der Waals surface area contributed by atoms with E-state index >= 15 is 0 Å². The second-order valence-corrected chi connectivity index (χ2v) is 5.02. The summed E-state index contributed by atoms with van der Waals surface area (Å²) in [5.41, 5.74) is 1.52. The van der Waals surface area contributed by atoms with Crippen LogP contribution in [0, 0.1) is 0 Å². The number of nitrogens with zero attached hydrogens (tertiary/aromatic N) is 2. The Morgan fingerprint density at radius 2 is 2.38 bits per heavy atom. The normalized spacial score (nSPS) is 12.1. The first-order valence-corrected chi connectivity index (χ1v) is 6.92. The minimum atomic E-state index is -0.594. The molecule has 1 atom stereocenters. The van der Waals surface area contributed by atoms with E-state index in [4.69, 9.17) is 16.3 Å². The van der Waals surface area contributed by atoms with Crippen molar-refractivity contribution in [1.82, 2.24) is 14.9 Å². The quantitative estimate of drug-likeness (QED) is 0.821. The summed E-state index contributed by atoms with van der Waals surface area (Å²) in [5, 5.41) is 13.2. The van der Waals surface area contributed by atoms with Gasteiger partial charge >= 0.3 is 0 Å². The molecular formula is C15H18ClN3O2. The van der Waals surface area contributed by atoms with Crippen molar-refractivity contribution in [3.05, 3.63) is 54.1 Å². The Morgan fingerprint density at radius 1 is 1.57 bits per heavy atom. The monoisotopic (exact) mass is 307 g/mol. The van der Waals surface area contributed by atoms with Crippen molar-refractivity contribution in [2.45, 2.75) is 6.10 Å². The average molecular weight is 308 g/mol. The molecule has 21 heavy (non-hydrogen) atoms. The molecule has 2 rings (SSSR count). The highest BCUT2D eigenvalue weighted by Crippen LogP contribution is 2.29. The largest absolute Gasteiger partial charge is 0.490 e. The van der Waals surface area contributed by atoms with Gasteiger partial charge in [0.05, 0.1) is 12.0 Å². The molecule has 0 aliphatic rings. The SMILES string of the molecule is C=C(c1ccc(Cl)cc1OCC(O)CNC)n1ccnc1. The zero-order valence-corrected chi connectivity index (χ0v) is 12.5. The molecule has 0 fully saturated rings. The molecule has 1 aromatic heterocycles. The molecule has 2 aromatic rings.